The Morgan fingerprint density at radius 3 is 2.76 bits per heavy atom. The van der Waals surface area contributed by atoms with Gasteiger partial charge >= 0.3 is 5.69 Å². The quantitative estimate of drug-likeness (QED) is 0.639. The Labute approximate surface area is 120 Å². The maximum absolute atomic E-state index is 13.5. The first kappa shape index (κ1) is 14.6. The molecular weight excluding hydrogens is 277 g/mol. The number of pyridine rings is 1. The Bertz CT molecular complexity index is 676. The predicted molar refractivity (Wildman–Crippen MR) is 73.1 cm³/mol. The molecule has 0 unspecified atom stereocenters. The van der Waals surface area contributed by atoms with E-state index >= 15 is 0 Å². The maximum Gasteiger partial charge on any atom is 0.304 e. The molecule has 0 fully saturated rings. The van der Waals surface area contributed by atoms with E-state index in [1.54, 1.807) is 25.5 Å². The first-order valence-electron chi connectivity index (χ1n) is 6.07. The highest BCUT2D eigenvalue weighted by Gasteiger charge is 2.18. The van der Waals surface area contributed by atoms with Crippen LogP contribution < -0.4 is 0 Å². The normalized spacial score (nSPS) is 10.2. The van der Waals surface area contributed by atoms with E-state index in [2.05, 4.69) is 4.98 Å². The second-order valence-corrected chi connectivity index (χ2v) is 4.45. The van der Waals surface area contributed by atoms with Crippen molar-refractivity contribution in [3.63, 3.8) is 0 Å². The molecule has 21 heavy (non-hydrogen) atoms. The highest BCUT2D eigenvalue weighted by Crippen LogP contribution is 2.19. The molecule has 0 saturated carbocycles. The molecule has 108 valence electrons. The minimum absolute atomic E-state index is 0.0597. The summed E-state index contributed by atoms with van der Waals surface area (Å²) in [7, 11) is 1.56. The Balaban J connectivity index is 2.16. The third-order valence-electron chi connectivity index (χ3n) is 2.88. The maximum atomic E-state index is 13.5. The van der Waals surface area contributed by atoms with Crippen molar-refractivity contribution in [2.24, 2.45) is 0 Å². The summed E-state index contributed by atoms with van der Waals surface area (Å²) in [5.74, 6) is -1.45. The van der Waals surface area contributed by atoms with Crippen molar-refractivity contribution in [1.29, 1.82) is 0 Å². The fraction of sp³-hybridized carbons (Fsp3) is 0.143. The molecule has 0 spiro atoms. The first-order valence-corrected chi connectivity index (χ1v) is 6.07. The molecular formula is C14H12FN3O3. The van der Waals surface area contributed by atoms with Crippen molar-refractivity contribution in [2.45, 2.75) is 6.54 Å². The van der Waals surface area contributed by atoms with Gasteiger partial charge in [0.05, 0.1) is 4.92 Å². The van der Waals surface area contributed by atoms with Gasteiger partial charge in [0.25, 0.3) is 5.91 Å². The van der Waals surface area contributed by atoms with Crippen molar-refractivity contribution in [2.75, 3.05) is 7.05 Å². The number of hydrogen-bond acceptors (Lipinski definition) is 4. The van der Waals surface area contributed by atoms with Crippen LogP contribution in [0.2, 0.25) is 0 Å². The Kier molecular flexibility index (Phi) is 4.22. The van der Waals surface area contributed by atoms with Crippen molar-refractivity contribution in [3.8, 4) is 0 Å². The smallest absolute Gasteiger partial charge is 0.304 e. The number of halogens is 1. The van der Waals surface area contributed by atoms with Gasteiger partial charge in [-0.2, -0.15) is 4.39 Å². The average Bonchev–Trinajstić information content (AvgIpc) is 2.47. The van der Waals surface area contributed by atoms with E-state index in [0.29, 0.717) is 6.54 Å². The van der Waals surface area contributed by atoms with E-state index in [0.717, 1.165) is 17.7 Å². The lowest BCUT2D eigenvalue weighted by Crippen LogP contribution is -2.26. The van der Waals surface area contributed by atoms with Gasteiger partial charge in [-0.05, 0) is 23.8 Å². The van der Waals surface area contributed by atoms with Gasteiger partial charge in [-0.3, -0.25) is 19.9 Å². The van der Waals surface area contributed by atoms with E-state index in [1.165, 1.54) is 11.0 Å². The molecule has 0 N–H and O–H groups in total. The highest BCUT2D eigenvalue weighted by molar-refractivity contribution is 5.94. The predicted octanol–water partition coefficient (Wildman–Crippen LogP) is 2.40. The lowest BCUT2D eigenvalue weighted by atomic mass is 10.1. The Hall–Kier alpha value is -2.83. The summed E-state index contributed by atoms with van der Waals surface area (Å²) < 4.78 is 13.5. The highest BCUT2D eigenvalue weighted by atomic mass is 19.1. The molecule has 2 rings (SSSR count). The van der Waals surface area contributed by atoms with Crippen molar-refractivity contribution in [3.05, 3.63) is 69.8 Å². The molecule has 0 radical (unpaired) electrons. The number of rotatable bonds is 4. The molecule has 1 aromatic carbocycles. The number of amides is 1. The summed E-state index contributed by atoms with van der Waals surface area (Å²) in [5, 5.41) is 10.5. The zero-order valence-electron chi connectivity index (χ0n) is 11.2. The van der Waals surface area contributed by atoms with Gasteiger partial charge in [0.1, 0.15) is 0 Å². The lowest BCUT2D eigenvalue weighted by Gasteiger charge is -2.17. The van der Waals surface area contributed by atoms with Gasteiger partial charge in [-0.25, -0.2) is 0 Å². The molecule has 1 heterocycles. The van der Waals surface area contributed by atoms with Gasteiger partial charge in [0, 0.05) is 37.6 Å². The van der Waals surface area contributed by atoms with Crippen LogP contribution in [0.25, 0.3) is 0 Å². The summed E-state index contributed by atoms with van der Waals surface area (Å²) >= 11 is 0. The second kappa shape index (κ2) is 6.08. The summed E-state index contributed by atoms with van der Waals surface area (Å²) in [4.78, 5) is 27.2. The third-order valence-corrected chi connectivity index (χ3v) is 2.88. The van der Waals surface area contributed by atoms with Crippen LogP contribution in [-0.2, 0) is 6.54 Å². The van der Waals surface area contributed by atoms with Crippen LogP contribution in [0.3, 0.4) is 0 Å². The lowest BCUT2D eigenvalue weighted by molar-refractivity contribution is -0.387. The second-order valence-electron chi connectivity index (χ2n) is 4.45. The van der Waals surface area contributed by atoms with Crippen LogP contribution in [0.15, 0.2) is 42.7 Å². The van der Waals surface area contributed by atoms with Gasteiger partial charge < -0.3 is 4.90 Å². The monoisotopic (exact) mass is 289 g/mol. The molecule has 0 aliphatic carbocycles. The van der Waals surface area contributed by atoms with Crippen LogP contribution >= 0.6 is 0 Å². The number of benzene rings is 1. The van der Waals surface area contributed by atoms with Gasteiger partial charge in [-0.15, -0.1) is 0 Å². The minimum Gasteiger partial charge on any atom is -0.337 e. The molecule has 0 aliphatic heterocycles. The van der Waals surface area contributed by atoms with E-state index in [1.807, 2.05) is 6.07 Å². The summed E-state index contributed by atoms with van der Waals surface area (Å²) in [5.41, 5.74) is 0.238. The zero-order chi connectivity index (χ0) is 15.4. The minimum atomic E-state index is -1.03. The molecule has 1 aromatic heterocycles. The van der Waals surface area contributed by atoms with Gasteiger partial charge in [0.15, 0.2) is 0 Å². The summed E-state index contributed by atoms with van der Waals surface area (Å²) in [6, 6.07) is 6.66. The van der Waals surface area contributed by atoms with E-state index in [4.69, 9.17) is 0 Å². The van der Waals surface area contributed by atoms with Gasteiger partial charge in [0.2, 0.25) is 5.82 Å². The van der Waals surface area contributed by atoms with E-state index < -0.39 is 22.3 Å². The standard InChI is InChI=1S/C14H12FN3O3/c1-17(9-10-3-2-6-16-8-10)14(19)11-4-5-13(18(20)21)12(15)7-11/h2-8H,9H2,1H3. The van der Waals surface area contributed by atoms with Crippen molar-refractivity contribution < 1.29 is 14.1 Å². The molecule has 1 amide bonds. The number of carbonyl (C=O) groups is 1. The van der Waals surface area contributed by atoms with Crippen LogP contribution in [0.1, 0.15) is 15.9 Å². The number of hydrogen-bond donors (Lipinski definition) is 0. The number of nitrogens with zero attached hydrogens (tertiary/aromatic N) is 3. The van der Waals surface area contributed by atoms with Crippen LogP contribution in [-0.4, -0.2) is 27.8 Å². The Morgan fingerprint density at radius 2 is 2.19 bits per heavy atom. The molecule has 0 saturated heterocycles. The fourth-order valence-corrected chi connectivity index (χ4v) is 1.85. The molecule has 7 heteroatoms. The summed E-state index contributed by atoms with van der Waals surface area (Å²) in [6.07, 6.45) is 3.25. The fourth-order valence-electron chi connectivity index (χ4n) is 1.85. The number of nitro benzene ring substituents is 1. The molecule has 0 aliphatic rings. The van der Waals surface area contributed by atoms with Crippen LogP contribution in [0.5, 0.6) is 0 Å². The molecule has 0 bridgehead atoms. The van der Waals surface area contributed by atoms with Crippen LogP contribution in [0, 0.1) is 15.9 Å². The van der Waals surface area contributed by atoms with Gasteiger partial charge in [-0.1, -0.05) is 6.07 Å². The first-order chi connectivity index (χ1) is 9.99. The van der Waals surface area contributed by atoms with Crippen molar-refractivity contribution in [1.82, 2.24) is 9.88 Å². The summed E-state index contributed by atoms with van der Waals surface area (Å²) in [6.45, 7) is 0.311. The van der Waals surface area contributed by atoms with E-state index in [-0.39, 0.29) is 5.56 Å². The average molecular weight is 289 g/mol. The number of nitro groups is 1. The molecule has 2 aromatic rings. The SMILES string of the molecule is CN(Cc1cccnc1)C(=O)c1ccc([N+](=O)[O-])c(F)c1. The topological polar surface area (TPSA) is 76.3 Å². The zero-order valence-corrected chi connectivity index (χ0v) is 11.2. The number of carbonyl (C=O) groups excluding carboxylic acids is 1. The molecule has 0 atom stereocenters. The Morgan fingerprint density at radius 1 is 1.43 bits per heavy atom. The van der Waals surface area contributed by atoms with E-state index in [9.17, 15) is 19.3 Å². The number of aromatic nitrogens is 1. The van der Waals surface area contributed by atoms with Crippen LogP contribution in [0.4, 0.5) is 10.1 Å². The molecule has 6 nitrogen and oxygen atoms in total. The third kappa shape index (κ3) is 3.38. The largest absolute Gasteiger partial charge is 0.337 e. The van der Waals surface area contributed by atoms with Crippen molar-refractivity contribution >= 4 is 11.6 Å².